The van der Waals surface area contributed by atoms with Gasteiger partial charge in [-0.05, 0) is 29.7 Å². The van der Waals surface area contributed by atoms with E-state index >= 15 is 0 Å². The molecule has 3 aromatic rings. The lowest BCUT2D eigenvalue weighted by atomic mass is 10.1. The number of rotatable bonds is 4. The van der Waals surface area contributed by atoms with Gasteiger partial charge in [-0.2, -0.15) is 8.42 Å². The van der Waals surface area contributed by atoms with Crippen LogP contribution in [0.15, 0.2) is 66.7 Å². The maximum Gasteiger partial charge on any atom is 0.299 e. The van der Waals surface area contributed by atoms with E-state index in [9.17, 15) is 8.42 Å². The second kappa shape index (κ2) is 5.85. The van der Waals surface area contributed by atoms with E-state index in [1.54, 1.807) is 12.1 Å². The Hall–Kier alpha value is -2.53. The number of hydrogen-bond donors (Lipinski definition) is 2. The van der Waals surface area contributed by atoms with Gasteiger partial charge in [-0.25, -0.2) is 0 Å². The molecule has 0 unspecified atom stereocenters. The number of anilines is 2. The molecule has 21 heavy (non-hydrogen) atoms. The van der Waals surface area contributed by atoms with Crippen LogP contribution in [0.25, 0.3) is 10.8 Å². The molecule has 3 aromatic carbocycles. The van der Waals surface area contributed by atoms with Crippen molar-refractivity contribution >= 4 is 33.1 Å². The zero-order valence-corrected chi connectivity index (χ0v) is 11.9. The van der Waals surface area contributed by atoms with Crippen molar-refractivity contribution in [3.8, 4) is 5.75 Å². The molecule has 0 bridgehead atoms. The van der Waals surface area contributed by atoms with Gasteiger partial charge in [0.1, 0.15) is 0 Å². The highest BCUT2D eigenvalue weighted by atomic mass is 32.2. The summed E-state index contributed by atoms with van der Waals surface area (Å²) in [6.07, 6.45) is 0. The molecular weight excluding hydrogens is 286 g/mol. The lowest BCUT2D eigenvalue weighted by Crippen LogP contribution is -1.95. The predicted octanol–water partition coefficient (Wildman–Crippen LogP) is 3.49. The molecule has 0 aliphatic heterocycles. The first-order valence-corrected chi connectivity index (χ1v) is 7.50. The molecule has 0 saturated carbocycles. The molecule has 0 amide bonds. The van der Waals surface area contributed by atoms with Gasteiger partial charge in [0.15, 0.2) is 5.75 Å². The average molecular weight is 299 g/mol. The van der Waals surface area contributed by atoms with Crippen LogP contribution in [0, 0.1) is 0 Å². The van der Waals surface area contributed by atoms with Crippen molar-refractivity contribution in [1.29, 1.82) is 0 Å². The third-order valence-electron chi connectivity index (χ3n) is 3.09. The van der Waals surface area contributed by atoms with Gasteiger partial charge in [-0.3, -0.25) is 0 Å². The van der Waals surface area contributed by atoms with Crippen molar-refractivity contribution < 1.29 is 12.6 Å². The summed E-state index contributed by atoms with van der Waals surface area (Å²) >= 11 is 0. The zero-order valence-electron chi connectivity index (χ0n) is 11.0. The first kappa shape index (κ1) is 13.5. The molecule has 1 N–H and O–H groups in total. The van der Waals surface area contributed by atoms with E-state index in [1.165, 1.54) is 0 Å². The lowest BCUT2D eigenvalue weighted by Gasteiger charge is -2.12. The van der Waals surface area contributed by atoms with Gasteiger partial charge in [-0.15, -0.1) is 0 Å². The van der Waals surface area contributed by atoms with Crippen molar-refractivity contribution in [2.45, 2.75) is 0 Å². The molecule has 0 atom stereocenters. The normalized spacial score (nSPS) is 10.7. The summed E-state index contributed by atoms with van der Waals surface area (Å²) in [6.45, 7) is 0. The van der Waals surface area contributed by atoms with Crippen LogP contribution in [0.4, 0.5) is 11.4 Å². The summed E-state index contributed by atoms with van der Waals surface area (Å²) in [4.78, 5) is 0. The number of benzene rings is 3. The van der Waals surface area contributed by atoms with Crippen LogP contribution in [0.5, 0.6) is 5.75 Å². The zero-order chi connectivity index (χ0) is 14.7. The molecule has 0 saturated heterocycles. The highest BCUT2D eigenvalue weighted by molar-refractivity contribution is 7.67. The molecular formula is C16H13NO3S. The minimum Gasteiger partial charge on any atom is -0.384 e. The van der Waals surface area contributed by atoms with Gasteiger partial charge < -0.3 is 9.50 Å². The largest absolute Gasteiger partial charge is 0.384 e. The van der Waals surface area contributed by atoms with Crippen molar-refractivity contribution in [2.24, 2.45) is 0 Å². The minimum absolute atomic E-state index is 0.322. The molecule has 4 nitrogen and oxygen atoms in total. The Morgan fingerprint density at radius 3 is 2.24 bits per heavy atom. The number of fused-ring (bicyclic) bond motifs is 1. The molecule has 5 heteroatoms. The van der Waals surface area contributed by atoms with E-state index in [1.807, 2.05) is 54.6 Å². The SMILES string of the molecule is O=[SH](=O)Oc1cccc2cccc(Nc3ccccc3)c12. The number of para-hydroxylation sites is 1. The van der Waals surface area contributed by atoms with Gasteiger partial charge in [0.05, 0.1) is 5.69 Å². The molecule has 0 spiro atoms. The third-order valence-corrected chi connectivity index (χ3v) is 3.44. The summed E-state index contributed by atoms with van der Waals surface area (Å²) < 4.78 is 26.7. The van der Waals surface area contributed by atoms with Gasteiger partial charge >= 0.3 is 0 Å². The first-order chi connectivity index (χ1) is 10.2. The van der Waals surface area contributed by atoms with Crippen LogP contribution in [0.3, 0.4) is 0 Å². The number of thiol groups is 1. The Morgan fingerprint density at radius 1 is 0.810 bits per heavy atom. The summed E-state index contributed by atoms with van der Waals surface area (Å²) in [5.41, 5.74) is 1.72. The Kier molecular flexibility index (Phi) is 3.75. The topological polar surface area (TPSA) is 55.4 Å². The van der Waals surface area contributed by atoms with E-state index < -0.39 is 11.0 Å². The molecule has 0 aliphatic carbocycles. The molecule has 0 heterocycles. The second-order valence-corrected chi connectivity index (χ2v) is 5.10. The monoisotopic (exact) mass is 299 g/mol. The van der Waals surface area contributed by atoms with Gasteiger partial charge in [0, 0.05) is 11.1 Å². The summed E-state index contributed by atoms with van der Waals surface area (Å²) in [5.74, 6) is 0.322. The molecule has 0 radical (unpaired) electrons. The summed E-state index contributed by atoms with van der Waals surface area (Å²) in [7, 11) is -2.95. The van der Waals surface area contributed by atoms with E-state index in [-0.39, 0.29) is 0 Å². The minimum atomic E-state index is -2.95. The highest BCUT2D eigenvalue weighted by Crippen LogP contribution is 2.34. The maximum atomic E-state index is 10.9. The fraction of sp³-hybridized carbons (Fsp3) is 0. The van der Waals surface area contributed by atoms with Crippen molar-refractivity contribution in [2.75, 3.05) is 5.32 Å². The van der Waals surface area contributed by atoms with Crippen molar-refractivity contribution in [3.63, 3.8) is 0 Å². The predicted molar refractivity (Wildman–Crippen MR) is 84.6 cm³/mol. The first-order valence-electron chi connectivity index (χ1n) is 6.40. The van der Waals surface area contributed by atoms with Crippen LogP contribution in [0.1, 0.15) is 0 Å². The highest BCUT2D eigenvalue weighted by Gasteiger charge is 2.08. The fourth-order valence-corrected chi connectivity index (χ4v) is 2.56. The van der Waals surface area contributed by atoms with Gasteiger partial charge in [0.2, 0.25) is 0 Å². The van der Waals surface area contributed by atoms with Crippen LogP contribution in [-0.2, 0) is 11.0 Å². The van der Waals surface area contributed by atoms with Crippen LogP contribution in [-0.4, -0.2) is 8.42 Å². The fourth-order valence-electron chi connectivity index (χ4n) is 2.24. The Bertz CT molecular complexity index is 831. The molecule has 3 rings (SSSR count). The standard InChI is InChI=1S/C16H13NO3S/c18-21(19)20-15-11-5-7-12-6-4-10-14(16(12)15)17-13-8-2-1-3-9-13/h1-11,17,21H. The van der Waals surface area contributed by atoms with E-state index in [0.29, 0.717) is 5.75 Å². The van der Waals surface area contributed by atoms with Crippen LogP contribution >= 0.6 is 0 Å². The van der Waals surface area contributed by atoms with Gasteiger partial charge in [-0.1, -0.05) is 42.5 Å². The number of hydrogen-bond acceptors (Lipinski definition) is 4. The molecule has 0 fully saturated rings. The third kappa shape index (κ3) is 2.98. The Labute approximate surface area is 124 Å². The van der Waals surface area contributed by atoms with Crippen molar-refractivity contribution in [1.82, 2.24) is 0 Å². The maximum absolute atomic E-state index is 10.9. The van der Waals surface area contributed by atoms with Gasteiger partial charge in [0.25, 0.3) is 11.0 Å². The number of nitrogens with one attached hydrogen (secondary N) is 1. The van der Waals surface area contributed by atoms with Crippen molar-refractivity contribution in [3.05, 3.63) is 66.7 Å². The Morgan fingerprint density at radius 2 is 1.52 bits per heavy atom. The quantitative estimate of drug-likeness (QED) is 0.724. The van der Waals surface area contributed by atoms with E-state index in [0.717, 1.165) is 22.1 Å². The second-order valence-electron chi connectivity index (χ2n) is 4.47. The molecule has 0 aromatic heterocycles. The van der Waals surface area contributed by atoms with Crippen LogP contribution < -0.4 is 9.50 Å². The van der Waals surface area contributed by atoms with Crippen LogP contribution in [0.2, 0.25) is 0 Å². The lowest BCUT2D eigenvalue weighted by molar-refractivity contribution is 0.513. The summed E-state index contributed by atoms with van der Waals surface area (Å²) in [5, 5.41) is 4.93. The van der Waals surface area contributed by atoms with E-state index in [2.05, 4.69) is 5.32 Å². The molecule has 106 valence electrons. The average Bonchev–Trinajstić information content (AvgIpc) is 2.48. The Balaban J connectivity index is 2.13. The summed E-state index contributed by atoms with van der Waals surface area (Å²) in [6, 6.07) is 20.7. The smallest absolute Gasteiger partial charge is 0.299 e. The van der Waals surface area contributed by atoms with E-state index in [4.69, 9.17) is 4.18 Å². The molecule has 0 aliphatic rings.